The lowest BCUT2D eigenvalue weighted by atomic mass is 10.1. The molecule has 3 nitrogen and oxygen atoms in total. The predicted molar refractivity (Wildman–Crippen MR) is 65.7 cm³/mol. The summed E-state index contributed by atoms with van der Waals surface area (Å²) in [6.07, 6.45) is -0.0392. The van der Waals surface area contributed by atoms with Crippen molar-refractivity contribution in [3.63, 3.8) is 0 Å². The van der Waals surface area contributed by atoms with Crippen LogP contribution in [0.3, 0.4) is 0 Å². The van der Waals surface area contributed by atoms with Gasteiger partial charge in [0.1, 0.15) is 5.82 Å². The molecule has 0 radical (unpaired) electrons. The Morgan fingerprint density at radius 1 is 1.22 bits per heavy atom. The Kier molecular flexibility index (Phi) is 3.37. The lowest BCUT2D eigenvalue weighted by Gasteiger charge is -2.06. The van der Waals surface area contributed by atoms with Crippen molar-refractivity contribution in [2.24, 2.45) is 0 Å². The van der Waals surface area contributed by atoms with Crippen LogP contribution in [0.1, 0.15) is 11.3 Å². The lowest BCUT2D eigenvalue weighted by molar-refractivity contribution is -0.136. The SMILES string of the molecule is Cc1nc(-c2ccc(F)cc2)ccc1CC(=O)O. The highest BCUT2D eigenvalue weighted by atomic mass is 19.1. The van der Waals surface area contributed by atoms with Crippen molar-refractivity contribution < 1.29 is 14.3 Å². The maximum Gasteiger partial charge on any atom is 0.307 e. The molecule has 18 heavy (non-hydrogen) atoms. The summed E-state index contributed by atoms with van der Waals surface area (Å²) in [5, 5.41) is 8.74. The highest BCUT2D eigenvalue weighted by Gasteiger charge is 2.07. The summed E-state index contributed by atoms with van der Waals surface area (Å²) in [7, 11) is 0. The van der Waals surface area contributed by atoms with E-state index >= 15 is 0 Å². The van der Waals surface area contributed by atoms with Crippen molar-refractivity contribution in [3.05, 3.63) is 53.5 Å². The molecule has 0 amide bonds. The minimum atomic E-state index is -0.880. The summed E-state index contributed by atoms with van der Waals surface area (Å²) in [6.45, 7) is 1.77. The van der Waals surface area contributed by atoms with Gasteiger partial charge in [-0.05, 0) is 42.8 Å². The van der Waals surface area contributed by atoms with E-state index in [0.717, 1.165) is 5.56 Å². The van der Waals surface area contributed by atoms with Gasteiger partial charge in [-0.3, -0.25) is 9.78 Å². The minimum absolute atomic E-state index is 0.0392. The third-order valence-corrected chi connectivity index (χ3v) is 2.68. The maximum absolute atomic E-state index is 12.8. The first-order valence-corrected chi connectivity index (χ1v) is 5.50. The predicted octanol–water partition coefficient (Wildman–Crippen LogP) is 2.82. The molecule has 1 N–H and O–H groups in total. The monoisotopic (exact) mass is 245 g/mol. The van der Waals surface area contributed by atoms with E-state index in [1.165, 1.54) is 12.1 Å². The van der Waals surface area contributed by atoms with E-state index < -0.39 is 5.97 Å². The van der Waals surface area contributed by atoms with Crippen molar-refractivity contribution in [1.82, 2.24) is 4.98 Å². The second-order valence-corrected chi connectivity index (χ2v) is 4.02. The zero-order chi connectivity index (χ0) is 13.1. The first-order chi connectivity index (χ1) is 8.56. The van der Waals surface area contributed by atoms with Crippen LogP contribution >= 0.6 is 0 Å². The summed E-state index contributed by atoms with van der Waals surface area (Å²) in [5.74, 6) is -1.17. The van der Waals surface area contributed by atoms with Crippen LogP contribution in [0.5, 0.6) is 0 Å². The lowest BCUT2D eigenvalue weighted by Crippen LogP contribution is -2.03. The molecule has 1 aromatic heterocycles. The molecule has 0 aliphatic rings. The summed E-state index contributed by atoms with van der Waals surface area (Å²) < 4.78 is 12.8. The molecule has 0 atom stereocenters. The van der Waals surface area contributed by atoms with E-state index in [1.54, 1.807) is 31.2 Å². The van der Waals surface area contributed by atoms with Crippen molar-refractivity contribution in [2.75, 3.05) is 0 Å². The molecular weight excluding hydrogens is 233 g/mol. The van der Waals surface area contributed by atoms with E-state index in [2.05, 4.69) is 4.98 Å². The molecule has 0 saturated heterocycles. The third-order valence-electron chi connectivity index (χ3n) is 2.68. The number of halogens is 1. The Morgan fingerprint density at radius 2 is 1.89 bits per heavy atom. The van der Waals surface area contributed by atoms with Crippen LogP contribution < -0.4 is 0 Å². The number of carboxylic acid groups (broad SMARTS) is 1. The molecule has 1 heterocycles. The summed E-state index contributed by atoms with van der Waals surface area (Å²) in [4.78, 5) is 15.0. The van der Waals surface area contributed by atoms with E-state index in [4.69, 9.17) is 5.11 Å². The van der Waals surface area contributed by atoms with Gasteiger partial charge in [0.15, 0.2) is 0 Å². The van der Waals surface area contributed by atoms with Gasteiger partial charge in [-0.25, -0.2) is 4.39 Å². The van der Waals surface area contributed by atoms with E-state index in [9.17, 15) is 9.18 Å². The molecule has 0 fully saturated rings. The molecule has 0 aliphatic carbocycles. The summed E-state index contributed by atoms with van der Waals surface area (Å²) in [5.41, 5.74) is 2.88. The molecule has 0 bridgehead atoms. The van der Waals surface area contributed by atoms with Gasteiger partial charge >= 0.3 is 5.97 Å². The van der Waals surface area contributed by atoms with Gasteiger partial charge in [-0.1, -0.05) is 6.07 Å². The second kappa shape index (κ2) is 4.96. The van der Waals surface area contributed by atoms with Crippen LogP contribution in [0.2, 0.25) is 0 Å². The second-order valence-electron chi connectivity index (χ2n) is 4.02. The average Bonchev–Trinajstić information content (AvgIpc) is 2.32. The molecule has 0 spiro atoms. The quantitative estimate of drug-likeness (QED) is 0.904. The van der Waals surface area contributed by atoms with Gasteiger partial charge in [-0.2, -0.15) is 0 Å². The summed E-state index contributed by atoms with van der Waals surface area (Å²) in [6, 6.07) is 9.53. The number of pyridine rings is 1. The third kappa shape index (κ3) is 2.71. The molecule has 2 rings (SSSR count). The van der Waals surface area contributed by atoms with Crippen molar-refractivity contribution in [3.8, 4) is 11.3 Å². The molecule has 0 unspecified atom stereocenters. The van der Waals surface area contributed by atoms with Crippen LogP contribution in [0.25, 0.3) is 11.3 Å². The first kappa shape index (κ1) is 12.2. The zero-order valence-electron chi connectivity index (χ0n) is 9.85. The van der Waals surface area contributed by atoms with E-state index in [0.29, 0.717) is 17.0 Å². The molecule has 1 aromatic carbocycles. The van der Waals surface area contributed by atoms with E-state index in [-0.39, 0.29) is 12.2 Å². The fraction of sp³-hybridized carbons (Fsp3) is 0.143. The molecular formula is C14H12FNO2. The van der Waals surface area contributed by atoms with Crippen molar-refractivity contribution >= 4 is 5.97 Å². The normalized spacial score (nSPS) is 10.3. The van der Waals surface area contributed by atoms with Crippen molar-refractivity contribution in [1.29, 1.82) is 0 Å². The average molecular weight is 245 g/mol. The summed E-state index contributed by atoms with van der Waals surface area (Å²) >= 11 is 0. The number of hydrogen-bond acceptors (Lipinski definition) is 2. The molecule has 0 saturated carbocycles. The van der Waals surface area contributed by atoms with Gasteiger partial charge in [0.25, 0.3) is 0 Å². The number of aromatic nitrogens is 1. The number of carboxylic acids is 1. The van der Waals surface area contributed by atoms with Gasteiger partial charge in [0.05, 0.1) is 12.1 Å². The maximum atomic E-state index is 12.8. The van der Waals surface area contributed by atoms with Gasteiger partial charge < -0.3 is 5.11 Å². The molecule has 0 aliphatic heterocycles. The van der Waals surface area contributed by atoms with Crippen LogP contribution in [-0.4, -0.2) is 16.1 Å². The van der Waals surface area contributed by atoms with Crippen LogP contribution in [0.15, 0.2) is 36.4 Å². The number of benzene rings is 1. The first-order valence-electron chi connectivity index (χ1n) is 5.50. The number of aliphatic carboxylic acids is 1. The van der Waals surface area contributed by atoms with Gasteiger partial charge in [0.2, 0.25) is 0 Å². The Hall–Kier alpha value is -2.23. The molecule has 4 heteroatoms. The number of aryl methyl sites for hydroxylation is 1. The Balaban J connectivity index is 2.33. The minimum Gasteiger partial charge on any atom is -0.481 e. The smallest absolute Gasteiger partial charge is 0.307 e. The number of hydrogen-bond donors (Lipinski definition) is 1. The van der Waals surface area contributed by atoms with Crippen LogP contribution in [-0.2, 0) is 11.2 Å². The Labute approximate surface area is 104 Å². The van der Waals surface area contributed by atoms with Gasteiger partial charge in [-0.15, -0.1) is 0 Å². The fourth-order valence-electron chi connectivity index (χ4n) is 1.72. The van der Waals surface area contributed by atoms with Crippen LogP contribution in [0, 0.1) is 12.7 Å². The number of rotatable bonds is 3. The molecule has 2 aromatic rings. The Morgan fingerprint density at radius 3 is 2.44 bits per heavy atom. The molecule has 92 valence electrons. The van der Waals surface area contributed by atoms with Gasteiger partial charge in [0, 0.05) is 11.3 Å². The van der Waals surface area contributed by atoms with E-state index in [1.807, 2.05) is 0 Å². The zero-order valence-corrected chi connectivity index (χ0v) is 9.85. The number of carbonyl (C=O) groups is 1. The number of nitrogens with zero attached hydrogens (tertiary/aromatic N) is 1. The highest BCUT2D eigenvalue weighted by Crippen LogP contribution is 2.19. The standard InChI is InChI=1S/C14H12FNO2/c1-9-11(8-14(17)18)4-7-13(16-9)10-2-5-12(15)6-3-10/h2-7H,8H2,1H3,(H,17,18). The largest absolute Gasteiger partial charge is 0.481 e. The van der Waals surface area contributed by atoms with Crippen LogP contribution in [0.4, 0.5) is 4.39 Å². The Bertz CT molecular complexity index is 579. The fourth-order valence-corrected chi connectivity index (χ4v) is 1.72. The topological polar surface area (TPSA) is 50.2 Å². The van der Waals surface area contributed by atoms with Crippen molar-refractivity contribution in [2.45, 2.75) is 13.3 Å². The highest BCUT2D eigenvalue weighted by molar-refractivity contribution is 5.71.